The minimum absolute atomic E-state index is 0.115. The van der Waals surface area contributed by atoms with Gasteiger partial charge in [0.05, 0.1) is 5.69 Å². The summed E-state index contributed by atoms with van der Waals surface area (Å²) in [4.78, 5) is 10.6. The van der Waals surface area contributed by atoms with Crippen molar-refractivity contribution >= 4 is 11.6 Å². The molecule has 1 aliphatic rings. The lowest BCUT2D eigenvalue weighted by atomic mass is 10.2. The molecule has 10 heteroatoms. The number of aliphatic imine (C=N–C) groups is 1. The molecule has 28 heavy (non-hydrogen) atoms. The van der Waals surface area contributed by atoms with Crippen LogP contribution in [0.2, 0.25) is 0 Å². The van der Waals surface area contributed by atoms with Crippen molar-refractivity contribution in [1.29, 1.82) is 0 Å². The number of anilines is 1. The summed E-state index contributed by atoms with van der Waals surface area (Å²) in [6, 6.07) is 6.96. The molecule has 0 amide bonds. The fraction of sp³-hybridized carbons (Fsp3) is 0.500. The lowest BCUT2D eigenvalue weighted by molar-refractivity contribution is -0.0495. The van der Waals surface area contributed by atoms with Crippen LogP contribution in [0, 0.1) is 6.92 Å². The topological polar surface area (TPSA) is 87.8 Å². The van der Waals surface area contributed by atoms with Gasteiger partial charge < -0.3 is 24.8 Å². The number of hydrogen-bond donors (Lipinski definition) is 2. The summed E-state index contributed by atoms with van der Waals surface area (Å²) in [6.45, 7) is 3.24. The first-order chi connectivity index (χ1) is 13.5. The number of hydrogen-bond acceptors (Lipinski definition) is 6. The highest BCUT2D eigenvalue weighted by atomic mass is 19.3. The molecule has 0 saturated carbocycles. The second-order valence-corrected chi connectivity index (χ2v) is 6.35. The van der Waals surface area contributed by atoms with Gasteiger partial charge in [-0.25, -0.2) is 4.99 Å². The Labute approximate surface area is 162 Å². The van der Waals surface area contributed by atoms with Gasteiger partial charge in [0.25, 0.3) is 0 Å². The highest BCUT2D eigenvalue weighted by Gasteiger charge is 2.26. The minimum atomic E-state index is -2.85. The van der Waals surface area contributed by atoms with E-state index in [-0.39, 0.29) is 11.8 Å². The monoisotopic (exact) mass is 394 g/mol. The Morgan fingerprint density at radius 3 is 2.96 bits per heavy atom. The van der Waals surface area contributed by atoms with Crippen LogP contribution in [-0.4, -0.2) is 48.4 Å². The number of rotatable bonds is 7. The van der Waals surface area contributed by atoms with Crippen LogP contribution < -0.4 is 20.3 Å². The molecule has 0 spiro atoms. The van der Waals surface area contributed by atoms with E-state index in [4.69, 9.17) is 4.52 Å². The first-order valence-electron chi connectivity index (χ1n) is 9.18. The van der Waals surface area contributed by atoms with Crippen LogP contribution >= 0.6 is 0 Å². The Bertz CT molecular complexity index is 798. The number of aryl methyl sites for hydroxylation is 1. The highest BCUT2D eigenvalue weighted by molar-refractivity contribution is 5.80. The molecule has 8 nitrogen and oxygen atoms in total. The first kappa shape index (κ1) is 19.8. The van der Waals surface area contributed by atoms with E-state index in [9.17, 15) is 8.78 Å². The van der Waals surface area contributed by atoms with E-state index in [1.165, 1.54) is 0 Å². The molecule has 152 valence electrons. The van der Waals surface area contributed by atoms with E-state index >= 15 is 0 Å². The molecular formula is C18H24F2N6O2. The van der Waals surface area contributed by atoms with Gasteiger partial charge in [-0.2, -0.15) is 13.8 Å². The normalized spacial score (nSPS) is 17.2. The Morgan fingerprint density at radius 1 is 1.43 bits per heavy atom. The molecule has 1 fully saturated rings. The van der Waals surface area contributed by atoms with E-state index in [1.54, 1.807) is 25.1 Å². The lowest BCUT2D eigenvalue weighted by Gasteiger charge is -2.22. The zero-order valence-electron chi connectivity index (χ0n) is 15.9. The number of ether oxygens (including phenoxy) is 1. The molecule has 0 bridgehead atoms. The van der Waals surface area contributed by atoms with Crippen molar-refractivity contribution < 1.29 is 18.0 Å². The van der Waals surface area contributed by atoms with Gasteiger partial charge in [-0.05, 0) is 25.5 Å². The van der Waals surface area contributed by atoms with Crippen molar-refractivity contribution in [3.05, 3.63) is 36.0 Å². The second kappa shape index (κ2) is 9.34. The van der Waals surface area contributed by atoms with Crippen LogP contribution in [0.4, 0.5) is 14.5 Å². The van der Waals surface area contributed by atoms with Gasteiger partial charge in [0.2, 0.25) is 5.89 Å². The smallest absolute Gasteiger partial charge is 0.387 e. The lowest BCUT2D eigenvalue weighted by Crippen LogP contribution is -2.44. The molecule has 1 atom stereocenters. The van der Waals surface area contributed by atoms with Gasteiger partial charge in [-0.15, -0.1) is 0 Å². The molecule has 0 aliphatic carbocycles. The summed E-state index contributed by atoms with van der Waals surface area (Å²) in [7, 11) is 0. The van der Waals surface area contributed by atoms with E-state index in [1.807, 2.05) is 17.9 Å². The summed E-state index contributed by atoms with van der Waals surface area (Å²) in [6.07, 6.45) is 0.842. The summed E-state index contributed by atoms with van der Waals surface area (Å²) < 4.78 is 34.9. The number of nitrogens with one attached hydrogen (secondary N) is 2. The quantitative estimate of drug-likeness (QED) is 0.550. The van der Waals surface area contributed by atoms with Gasteiger partial charge in [0.15, 0.2) is 11.8 Å². The second-order valence-electron chi connectivity index (χ2n) is 6.35. The number of para-hydroxylation sites is 2. The van der Waals surface area contributed by atoms with Crippen molar-refractivity contribution in [3.8, 4) is 5.75 Å². The third-order valence-corrected chi connectivity index (χ3v) is 4.24. The van der Waals surface area contributed by atoms with E-state index < -0.39 is 6.61 Å². The Balaban J connectivity index is 1.62. The van der Waals surface area contributed by atoms with Gasteiger partial charge in [0, 0.05) is 32.6 Å². The molecule has 2 N–H and O–H groups in total. The summed E-state index contributed by atoms with van der Waals surface area (Å²) in [5.41, 5.74) is 0.663. The zero-order valence-corrected chi connectivity index (χ0v) is 15.9. The van der Waals surface area contributed by atoms with Gasteiger partial charge >= 0.3 is 6.61 Å². The van der Waals surface area contributed by atoms with Crippen molar-refractivity contribution in [2.75, 3.05) is 24.5 Å². The third kappa shape index (κ3) is 5.30. The molecule has 1 saturated heterocycles. The standard InChI is InChI=1S/C18H24F2N6O2/c1-3-21-18(22-10-16-23-12(2)28-25-16)24-13-8-9-26(11-13)14-6-4-5-7-15(14)27-17(19)20/h4-7,13,17H,3,8-11H2,1-2H3,(H2,21,22,24). The largest absolute Gasteiger partial charge is 0.433 e. The number of alkyl halides is 2. The van der Waals surface area contributed by atoms with Crippen LogP contribution in [0.3, 0.4) is 0 Å². The SMILES string of the molecule is CCNC(=NCc1noc(C)n1)NC1CCN(c2ccccc2OC(F)F)C1. The Kier molecular flexibility index (Phi) is 6.62. The van der Waals surface area contributed by atoms with Crippen molar-refractivity contribution in [2.24, 2.45) is 4.99 Å². The summed E-state index contributed by atoms with van der Waals surface area (Å²) in [5, 5.41) is 10.4. The Morgan fingerprint density at radius 2 is 2.25 bits per heavy atom. The van der Waals surface area contributed by atoms with Crippen LogP contribution in [0.5, 0.6) is 5.75 Å². The average Bonchev–Trinajstić information content (AvgIpc) is 3.29. The van der Waals surface area contributed by atoms with E-state index in [0.29, 0.717) is 43.0 Å². The number of halogens is 2. The maximum absolute atomic E-state index is 12.7. The molecular weight excluding hydrogens is 370 g/mol. The summed E-state index contributed by atoms with van der Waals surface area (Å²) in [5.74, 6) is 1.85. The van der Waals surface area contributed by atoms with Gasteiger partial charge in [0.1, 0.15) is 12.3 Å². The first-order valence-corrected chi connectivity index (χ1v) is 9.18. The van der Waals surface area contributed by atoms with Gasteiger partial charge in [-0.1, -0.05) is 17.3 Å². The molecule has 1 aromatic carbocycles. The number of benzene rings is 1. The molecule has 1 aromatic heterocycles. The fourth-order valence-corrected chi connectivity index (χ4v) is 3.08. The molecule has 2 heterocycles. The fourth-order valence-electron chi connectivity index (χ4n) is 3.08. The van der Waals surface area contributed by atoms with E-state index in [0.717, 1.165) is 13.0 Å². The highest BCUT2D eigenvalue weighted by Crippen LogP contribution is 2.31. The maximum Gasteiger partial charge on any atom is 0.387 e. The maximum atomic E-state index is 12.7. The minimum Gasteiger partial charge on any atom is -0.433 e. The van der Waals surface area contributed by atoms with Crippen molar-refractivity contribution in [2.45, 2.75) is 39.5 Å². The third-order valence-electron chi connectivity index (χ3n) is 4.24. The van der Waals surface area contributed by atoms with E-state index in [2.05, 4.69) is 30.5 Å². The predicted octanol–water partition coefficient (Wildman–Crippen LogP) is 2.31. The molecule has 0 radical (unpaired) electrons. The average molecular weight is 394 g/mol. The molecule has 3 rings (SSSR count). The molecule has 2 aromatic rings. The number of nitrogens with zero attached hydrogens (tertiary/aromatic N) is 4. The Hall–Kier alpha value is -2.91. The molecule has 1 unspecified atom stereocenters. The van der Waals surface area contributed by atoms with Crippen LogP contribution in [0.25, 0.3) is 0 Å². The molecule has 1 aliphatic heterocycles. The predicted molar refractivity (Wildman–Crippen MR) is 101 cm³/mol. The van der Waals surface area contributed by atoms with Gasteiger partial charge in [-0.3, -0.25) is 0 Å². The van der Waals surface area contributed by atoms with Crippen molar-refractivity contribution in [3.63, 3.8) is 0 Å². The zero-order chi connectivity index (χ0) is 19.9. The van der Waals surface area contributed by atoms with Crippen molar-refractivity contribution in [1.82, 2.24) is 20.8 Å². The number of guanidine groups is 1. The van der Waals surface area contributed by atoms with Crippen LogP contribution in [0.15, 0.2) is 33.8 Å². The summed E-state index contributed by atoms with van der Waals surface area (Å²) >= 11 is 0. The van der Waals surface area contributed by atoms with Crippen LogP contribution in [-0.2, 0) is 6.54 Å². The number of aromatic nitrogens is 2. The van der Waals surface area contributed by atoms with Crippen LogP contribution in [0.1, 0.15) is 25.1 Å².